The number of carboxylic acids is 1. The Labute approximate surface area is 146 Å². The van der Waals surface area contributed by atoms with Crippen molar-refractivity contribution in [2.75, 3.05) is 19.8 Å². The van der Waals surface area contributed by atoms with Gasteiger partial charge in [0.2, 0.25) is 0 Å². The van der Waals surface area contributed by atoms with Crippen molar-refractivity contribution in [1.29, 1.82) is 0 Å². The summed E-state index contributed by atoms with van der Waals surface area (Å²) in [5.41, 5.74) is 0. The molecule has 1 aliphatic heterocycles. The summed E-state index contributed by atoms with van der Waals surface area (Å²) in [5.74, 6) is -0.729. The first-order valence-corrected chi connectivity index (χ1v) is 8.38. The Morgan fingerprint density at radius 2 is 2.04 bits per heavy atom. The number of rotatable bonds is 7. The third kappa shape index (κ3) is 5.11. The van der Waals surface area contributed by atoms with Crippen LogP contribution in [-0.4, -0.2) is 53.8 Å². The molecule has 7 heteroatoms. The summed E-state index contributed by atoms with van der Waals surface area (Å²) in [6.45, 7) is 2.95. The van der Waals surface area contributed by atoms with Crippen molar-refractivity contribution in [3.63, 3.8) is 0 Å². The number of amides is 1. The molecule has 132 valence electrons. The van der Waals surface area contributed by atoms with Gasteiger partial charge in [-0.3, -0.25) is 9.59 Å². The summed E-state index contributed by atoms with van der Waals surface area (Å²) in [4.78, 5) is 25.3. The highest BCUT2D eigenvalue weighted by atomic mass is 35.5. The highest BCUT2D eigenvalue weighted by Crippen LogP contribution is 2.25. The fourth-order valence-electron chi connectivity index (χ4n) is 2.70. The number of hydrogen-bond acceptors (Lipinski definition) is 4. The third-order valence-electron chi connectivity index (χ3n) is 3.97. The highest BCUT2D eigenvalue weighted by molar-refractivity contribution is 6.32. The van der Waals surface area contributed by atoms with E-state index in [0.29, 0.717) is 36.8 Å². The van der Waals surface area contributed by atoms with Crippen molar-refractivity contribution in [2.45, 2.75) is 38.3 Å². The molecule has 6 nitrogen and oxygen atoms in total. The van der Waals surface area contributed by atoms with E-state index in [4.69, 9.17) is 26.2 Å². The summed E-state index contributed by atoms with van der Waals surface area (Å²) in [6, 6.07) is 6.92. The van der Waals surface area contributed by atoms with Crippen LogP contribution in [0.25, 0.3) is 0 Å². The van der Waals surface area contributed by atoms with Crippen molar-refractivity contribution >= 4 is 23.5 Å². The number of benzene rings is 1. The zero-order valence-corrected chi connectivity index (χ0v) is 14.4. The number of carbonyl (C=O) groups excluding carboxylic acids is 1. The lowest BCUT2D eigenvalue weighted by Crippen LogP contribution is -2.49. The maximum absolute atomic E-state index is 12.8. The minimum atomic E-state index is -0.931. The second-order valence-corrected chi connectivity index (χ2v) is 6.12. The molecule has 1 saturated heterocycles. The average molecular weight is 356 g/mol. The van der Waals surface area contributed by atoms with E-state index in [9.17, 15) is 9.59 Å². The summed E-state index contributed by atoms with van der Waals surface area (Å²) in [5, 5.41) is 9.37. The van der Waals surface area contributed by atoms with Gasteiger partial charge in [0, 0.05) is 25.8 Å². The molecule has 1 aromatic rings. The Kier molecular flexibility index (Phi) is 6.87. The fraction of sp³-hybridized carbons (Fsp3) is 0.529. The molecule has 0 radical (unpaired) electrons. The number of aliphatic carboxylic acids is 1. The number of hydrogen-bond donors (Lipinski definition) is 1. The molecule has 2 rings (SSSR count). The van der Waals surface area contributed by atoms with E-state index in [1.54, 1.807) is 36.1 Å². The van der Waals surface area contributed by atoms with Crippen molar-refractivity contribution in [1.82, 2.24) is 4.90 Å². The van der Waals surface area contributed by atoms with Gasteiger partial charge >= 0.3 is 5.97 Å². The van der Waals surface area contributed by atoms with E-state index in [0.717, 1.165) is 0 Å². The van der Waals surface area contributed by atoms with E-state index < -0.39 is 12.1 Å². The van der Waals surface area contributed by atoms with Gasteiger partial charge in [-0.2, -0.15) is 0 Å². The van der Waals surface area contributed by atoms with Crippen LogP contribution in [0, 0.1) is 0 Å². The van der Waals surface area contributed by atoms with Gasteiger partial charge in [0.1, 0.15) is 5.75 Å². The van der Waals surface area contributed by atoms with Crippen LogP contribution in [0.5, 0.6) is 5.75 Å². The maximum atomic E-state index is 12.8. The normalized spacial score (nSPS) is 16.4. The van der Waals surface area contributed by atoms with Crippen LogP contribution in [0.3, 0.4) is 0 Å². The van der Waals surface area contributed by atoms with Gasteiger partial charge in [-0.05, 0) is 31.9 Å². The van der Waals surface area contributed by atoms with E-state index in [1.165, 1.54) is 0 Å². The average Bonchev–Trinajstić information content (AvgIpc) is 2.57. The van der Waals surface area contributed by atoms with Gasteiger partial charge in [0.25, 0.3) is 5.91 Å². The first-order chi connectivity index (χ1) is 11.5. The van der Waals surface area contributed by atoms with Crippen LogP contribution in [-0.2, 0) is 14.3 Å². The molecule has 1 amide bonds. The third-order valence-corrected chi connectivity index (χ3v) is 4.28. The smallest absolute Gasteiger partial charge is 0.305 e. The Balaban J connectivity index is 2.07. The SMILES string of the molecule is C[C@@H](Oc1ccccc1Cl)C(=O)N(CCC(=O)O)C1CCOCC1. The molecule has 0 saturated carbocycles. The second kappa shape index (κ2) is 8.89. The minimum absolute atomic E-state index is 0.0251. The topological polar surface area (TPSA) is 76.1 Å². The van der Waals surface area contributed by atoms with E-state index in [2.05, 4.69) is 0 Å². The summed E-state index contributed by atoms with van der Waals surface area (Å²) >= 11 is 6.06. The van der Waals surface area contributed by atoms with Gasteiger partial charge < -0.3 is 19.5 Å². The second-order valence-electron chi connectivity index (χ2n) is 5.71. The molecule has 0 unspecified atom stereocenters. The lowest BCUT2D eigenvalue weighted by Gasteiger charge is -2.35. The molecule has 1 fully saturated rings. The highest BCUT2D eigenvalue weighted by Gasteiger charge is 2.30. The Bertz CT molecular complexity index is 574. The van der Waals surface area contributed by atoms with Crippen LogP contribution >= 0.6 is 11.6 Å². The van der Waals surface area contributed by atoms with Gasteiger partial charge in [0.15, 0.2) is 6.10 Å². The molecule has 0 aliphatic carbocycles. The number of ether oxygens (including phenoxy) is 2. The first kappa shape index (κ1) is 18.5. The quantitative estimate of drug-likeness (QED) is 0.813. The van der Waals surface area contributed by atoms with Crippen LogP contribution in [0.2, 0.25) is 5.02 Å². The zero-order chi connectivity index (χ0) is 17.5. The number of para-hydroxylation sites is 1. The fourth-order valence-corrected chi connectivity index (χ4v) is 2.88. The molecule has 0 spiro atoms. The number of nitrogens with zero attached hydrogens (tertiary/aromatic N) is 1. The van der Waals surface area contributed by atoms with Gasteiger partial charge in [-0.1, -0.05) is 23.7 Å². The molecule has 0 bridgehead atoms. The van der Waals surface area contributed by atoms with E-state index in [1.807, 2.05) is 0 Å². The summed E-state index contributed by atoms with van der Waals surface area (Å²) in [7, 11) is 0. The van der Waals surface area contributed by atoms with Crippen molar-refractivity contribution in [3.05, 3.63) is 29.3 Å². The molecule has 1 atom stereocenters. The molecular formula is C17H22ClNO5. The lowest BCUT2D eigenvalue weighted by atomic mass is 10.1. The van der Waals surface area contributed by atoms with Crippen molar-refractivity contribution in [3.8, 4) is 5.75 Å². The van der Waals surface area contributed by atoms with E-state index in [-0.39, 0.29) is 24.9 Å². The summed E-state index contributed by atoms with van der Waals surface area (Å²) < 4.78 is 11.0. The molecule has 1 aliphatic rings. The Hall–Kier alpha value is -1.79. The van der Waals surface area contributed by atoms with Crippen LogP contribution in [0.1, 0.15) is 26.2 Å². The van der Waals surface area contributed by atoms with Crippen molar-refractivity contribution < 1.29 is 24.2 Å². The zero-order valence-electron chi connectivity index (χ0n) is 13.6. The van der Waals surface area contributed by atoms with Gasteiger partial charge in [-0.25, -0.2) is 0 Å². The molecule has 1 N–H and O–H groups in total. The predicted molar refractivity (Wildman–Crippen MR) is 89.3 cm³/mol. The Morgan fingerprint density at radius 1 is 1.38 bits per heavy atom. The van der Waals surface area contributed by atoms with Crippen LogP contribution in [0.4, 0.5) is 0 Å². The number of carboxylic acid groups (broad SMARTS) is 1. The van der Waals surface area contributed by atoms with Crippen molar-refractivity contribution in [2.24, 2.45) is 0 Å². The van der Waals surface area contributed by atoms with Gasteiger partial charge in [0.05, 0.1) is 11.4 Å². The standard InChI is InChI=1S/C17H22ClNO5/c1-12(24-15-5-3-2-4-14(15)18)17(22)19(9-6-16(20)21)13-7-10-23-11-8-13/h2-5,12-13H,6-11H2,1H3,(H,20,21)/t12-/m1/s1. The minimum Gasteiger partial charge on any atom is -0.481 e. The largest absolute Gasteiger partial charge is 0.481 e. The first-order valence-electron chi connectivity index (χ1n) is 8.00. The van der Waals surface area contributed by atoms with Crippen LogP contribution in [0.15, 0.2) is 24.3 Å². The predicted octanol–water partition coefficient (Wildman–Crippen LogP) is 2.59. The monoisotopic (exact) mass is 355 g/mol. The Morgan fingerprint density at radius 3 is 2.67 bits per heavy atom. The van der Waals surface area contributed by atoms with Gasteiger partial charge in [-0.15, -0.1) is 0 Å². The van der Waals surface area contributed by atoms with E-state index >= 15 is 0 Å². The van der Waals surface area contributed by atoms with Crippen LogP contribution < -0.4 is 4.74 Å². The maximum Gasteiger partial charge on any atom is 0.305 e. The number of carbonyl (C=O) groups is 2. The molecule has 1 aromatic carbocycles. The molecule has 0 aromatic heterocycles. The molecule has 24 heavy (non-hydrogen) atoms. The molecular weight excluding hydrogens is 334 g/mol. The lowest BCUT2D eigenvalue weighted by molar-refractivity contribution is -0.144. The summed E-state index contributed by atoms with van der Waals surface area (Å²) in [6.07, 6.45) is 0.553. The number of halogens is 1. The molecule has 1 heterocycles.